The SMILES string of the molecule is CCN(CC)C(C)(C)C(O)c1ccc(OC)c(F)c1. The molecule has 108 valence electrons. The Morgan fingerprint density at radius 1 is 1.32 bits per heavy atom. The number of ether oxygens (including phenoxy) is 1. The van der Waals surface area contributed by atoms with Crippen molar-refractivity contribution in [2.75, 3.05) is 20.2 Å². The summed E-state index contributed by atoms with van der Waals surface area (Å²) in [6.45, 7) is 9.69. The highest BCUT2D eigenvalue weighted by molar-refractivity contribution is 5.31. The van der Waals surface area contributed by atoms with Crippen LogP contribution < -0.4 is 4.74 Å². The van der Waals surface area contributed by atoms with Crippen LogP contribution >= 0.6 is 0 Å². The predicted octanol–water partition coefficient (Wildman–Crippen LogP) is 2.99. The van der Waals surface area contributed by atoms with Gasteiger partial charge in [-0.15, -0.1) is 0 Å². The van der Waals surface area contributed by atoms with Gasteiger partial charge in [-0.2, -0.15) is 0 Å². The van der Waals surface area contributed by atoms with Gasteiger partial charge in [0.15, 0.2) is 11.6 Å². The van der Waals surface area contributed by atoms with Crippen molar-refractivity contribution < 1.29 is 14.2 Å². The lowest BCUT2D eigenvalue weighted by Crippen LogP contribution is -2.48. The molecule has 1 rings (SSSR count). The van der Waals surface area contributed by atoms with Crippen molar-refractivity contribution in [3.05, 3.63) is 29.6 Å². The zero-order chi connectivity index (χ0) is 14.6. The second-order valence-corrected chi connectivity index (χ2v) is 5.12. The molecule has 0 heterocycles. The summed E-state index contributed by atoms with van der Waals surface area (Å²) in [4.78, 5) is 2.15. The topological polar surface area (TPSA) is 32.7 Å². The number of methoxy groups -OCH3 is 1. The minimum atomic E-state index is -0.757. The monoisotopic (exact) mass is 269 g/mol. The highest BCUT2D eigenvalue weighted by Crippen LogP contribution is 2.32. The molecule has 3 nitrogen and oxygen atoms in total. The van der Waals surface area contributed by atoms with E-state index in [9.17, 15) is 9.50 Å². The summed E-state index contributed by atoms with van der Waals surface area (Å²) in [7, 11) is 1.42. The number of nitrogens with zero attached hydrogens (tertiary/aromatic N) is 1. The zero-order valence-corrected chi connectivity index (χ0v) is 12.4. The van der Waals surface area contributed by atoms with E-state index in [1.54, 1.807) is 12.1 Å². The van der Waals surface area contributed by atoms with Crippen LogP contribution in [0.15, 0.2) is 18.2 Å². The lowest BCUT2D eigenvalue weighted by molar-refractivity contribution is -0.00644. The lowest BCUT2D eigenvalue weighted by Gasteiger charge is -2.41. The molecule has 1 aromatic rings. The largest absolute Gasteiger partial charge is 0.494 e. The predicted molar refractivity (Wildman–Crippen MR) is 74.9 cm³/mol. The van der Waals surface area contributed by atoms with Gasteiger partial charge in [0.2, 0.25) is 0 Å². The summed E-state index contributed by atoms with van der Waals surface area (Å²) in [5.41, 5.74) is 0.111. The molecule has 1 atom stereocenters. The van der Waals surface area contributed by atoms with Crippen LogP contribution in [0.4, 0.5) is 4.39 Å². The first kappa shape index (κ1) is 15.9. The number of benzene rings is 1. The third-order valence-electron chi connectivity index (χ3n) is 3.74. The Balaban J connectivity index is 3.05. The fourth-order valence-electron chi connectivity index (χ4n) is 2.47. The van der Waals surface area contributed by atoms with Gasteiger partial charge in [0, 0.05) is 5.54 Å². The first-order valence-electron chi connectivity index (χ1n) is 6.65. The van der Waals surface area contributed by atoms with Gasteiger partial charge in [-0.1, -0.05) is 19.9 Å². The summed E-state index contributed by atoms with van der Waals surface area (Å²) in [5.74, 6) is -0.258. The normalized spacial score (nSPS) is 13.7. The smallest absolute Gasteiger partial charge is 0.165 e. The van der Waals surface area contributed by atoms with Gasteiger partial charge in [0.05, 0.1) is 13.2 Å². The lowest BCUT2D eigenvalue weighted by atomic mass is 9.89. The van der Waals surface area contributed by atoms with Gasteiger partial charge < -0.3 is 9.84 Å². The highest BCUT2D eigenvalue weighted by Gasteiger charge is 2.34. The summed E-state index contributed by atoms with van der Waals surface area (Å²) in [5, 5.41) is 10.5. The molecule has 1 aromatic carbocycles. The maximum Gasteiger partial charge on any atom is 0.165 e. The van der Waals surface area contributed by atoms with E-state index < -0.39 is 17.5 Å². The minimum absolute atomic E-state index is 0.191. The van der Waals surface area contributed by atoms with Crippen LogP contribution in [0.2, 0.25) is 0 Å². The van der Waals surface area contributed by atoms with Crippen molar-refractivity contribution in [3.8, 4) is 5.75 Å². The van der Waals surface area contributed by atoms with E-state index in [1.165, 1.54) is 13.2 Å². The molecule has 0 amide bonds. The second kappa shape index (κ2) is 6.35. The number of likely N-dealkylation sites (N-methyl/N-ethyl adjacent to an activating group) is 1. The Labute approximate surface area is 115 Å². The molecule has 19 heavy (non-hydrogen) atoms. The van der Waals surface area contributed by atoms with Gasteiger partial charge >= 0.3 is 0 Å². The van der Waals surface area contributed by atoms with Gasteiger partial charge in [0.1, 0.15) is 0 Å². The van der Waals surface area contributed by atoms with E-state index in [1.807, 2.05) is 27.7 Å². The molecule has 0 saturated heterocycles. The summed E-state index contributed by atoms with van der Waals surface area (Å²) in [6, 6.07) is 4.60. The van der Waals surface area contributed by atoms with Crippen molar-refractivity contribution in [2.24, 2.45) is 0 Å². The van der Waals surface area contributed by atoms with Crippen LogP contribution in [0, 0.1) is 5.82 Å². The molecule has 1 N–H and O–H groups in total. The maximum absolute atomic E-state index is 13.7. The Hall–Kier alpha value is -1.13. The molecule has 0 aliphatic carbocycles. The molecule has 0 saturated carbocycles. The van der Waals surface area contributed by atoms with Gasteiger partial charge in [0.25, 0.3) is 0 Å². The molecule has 0 bridgehead atoms. The van der Waals surface area contributed by atoms with E-state index in [0.717, 1.165) is 13.1 Å². The van der Waals surface area contributed by atoms with Crippen LogP contribution in [-0.2, 0) is 0 Å². The molecule has 0 aliphatic heterocycles. The summed E-state index contributed by atoms with van der Waals surface area (Å²) in [6.07, 6.45) is -0.757. The average Bonchev–Trinajstić information content (AvgIpc) is 2.38. The standard InChI is InChI=1S/C15H24FNO2/c1-6-17(7-2)15(3,4)14(18)11-8-9-13(19-5)12(16)10-11/h8-10,14,18H,6-7H2,1-5H3. The Bertz CT molecular complexity index is 417. The van der Waals surface area contributed by atoms with E-state index in [4.69, 9.17) is 4.74 Å². The summed E-state index contributed by atoms with van der Waals surface area (Å²) < 4.78 is 18.6. The van der Waals surface area contributed by atoms with Crippen LogP contribution in [0.3, 0.4) is 0 Å². The first-order chi connectivity index (χ1) is 8.88. The number of aliphatic hydroxyl groups is 1. The van der Waals surface area contributed by atoms with E-state index in [0.29, 0.717) is 5.56 Å². The molecule has 0 aromatic heterocycles. The highest BCUT2D eigenvalue weighted by atomic mass is 19.1. The second-order valence-electron chi connectivity index (χ2n) is 5.12. The van der Waals surface area contributed by atoms with Crippen LogP contribution in [0.5, 0.6) is 5.75 Å². The number of hydrogen-bond acceptors (Lipinski definition) is 3. The van der Waals surface area contributed by atoms with Gasteiger partial charge in [-0.25, -0.2) is 4.39 Å². The van der Waals surface area contributed by atoms with E-state index >= 15 is 0 Å². The molecule has 1 unspecified atom stereocenters. The van der Waals surface area contributed by atoms with Crippen molar-refractivity contribution in [2.45, 2.75) is 39.3 Å². The minimum Gasteiger partial charge on any atom is -0.494 e. The van der Waals surface area contributed by atoms with Crippen molar-refractivity contribution in [1.82, 2.24) is 4.90 Å². The molecular weight excluding hydrogens is 245 g/mol. The molecule has 0 spiro atoms. The third kappa shape index (κ3) is 3.25. The molecule has 0 fully saturated rings. The molecule has 0 radical (unpaired) electrons. The van der Waals surface area contributed by atoms with E-state index in [-0.39, 0.29) is 5.75 Å². The molecule has 4 heteroatoms. The van der Waals surface area contributed by atoms with Gasteiger partial charge in [-0.3, -0.25) is 4.90 Å². The Morgan fingerprint density at radius 2 is 1.89 bits per heavy atom. The van der Waals surface area contributed by atoms with Gasteiger partial charge in [-0.05, 0) is 44.6 Å². The fourth-order valence-corrected chi connectivity index (χ4v) is 2.47. The number of hydrogen-bond donors (Lipinski definition) is 1. The average molecular weight is 269 g/mol. The molecular formula is C15H24FNO2. The fraction of sp³-hybridized carbons (Fsp3) is 0.600. The Morgan fingerprint density at radius 3 is 2.32 bits per heavy atom. The van der Waals surface area contributed by atoms with Crippen LogP contribution in [0.25, 0.3) is 0 Å². The zero-order valence-electron chi connectivity index (χ0n) is 12.4. The summed E-state index contributed by atoms with van der Waals surface area (Å²) >= 11 is 0. The molecule has 0 aliphatic rings. The van der Waals surface area contributed by atoms with E-state index in [2.05, 4.69) is 4.90 Å². The van der Waals surface area contributed by atoms with Crippen molar-refractivity contribution in [1.29, 1.82) is 0 Å². The maximum atomic E-state index is 13.7. The van der Waals surface area contributed by atoms with Crippen LogP contribution in [-0.4, -0.2) is 35.7 Å². The number of halogens is 1. The van der Waals surface area contributed by atoms with Crippen molar-refractivity contribution in [3.63, 3.8) is 0 Å². The quantitative estimate of drug-likeness (QED) is 0.861. The third-order valence-corrected chi connectivity index (χ3v) is 3.74. The Kier molecular flexibility index (Phi) is 5.32. The number of rotatable bonds is 6. The number of aliphatic hydroxyl groups excluding tert-OH is 1. The first-order valence-corrected chi connectivity index (χ1v) is 6.65. The van der Waals surface area contributed by atoms with Crippen LogP contribution in [0.1, 0.15) is 39.4 Å². The van der Waals surface area contributed by atoms with Crippen molar-refractivity contribution >= 4 is 0 Å².